The molecule has 0 aliphatic heterocycles. The van der Waals surface area contributed by atoms with Crippen LogP contribution in [0.1, 0.15) is 68.7 Å². The van der Waals surface area contributed by atoms with Crippen LogP contribution in [0.3, 0.4) is 0 Å². The first kappa shape index (κ1) is 18.2. The zero-order valence-corrected chi connectivity index (χ0v) is 16.0. The van der Waals surface area contributed by atoms with Gasteiger partial charge in [-0.3, -0.25) is 0 Å². The molecule has 18 heavy (non-hydrogen) atoms. The molecular formula is C17H38Si. The maximum absolute atomic E-state index is 2.58. The van der Waals surface area contributed by atoms with Gasteiger partial charge in [0.2, 0.25) is 0 Å². The first-order valence-electron chi connectivity index (χ1n) is 7.56. The molecule has 0 rings (SSSR count). The first-order valence-corrected chi connectivity index (χ1v) is 10.8. The Kier molecular flexibility index (Phi) is 5.37. The van der Waals surface area contributed by atoms with Crippen LogP contribution in [-0.4, -0.2) is 8.07 Å². The molecule has 0 spiro atoms. The van der Waals surface area contributed by atoms with E-state index in [2.05, 4.69) is 75.4 Å². The van der Waals surface area contributed by atoms with Crippen molar-refractivity contribution in [3.63, 3.8) is 0 Å². The largest absolute Gasteiger partial charge is 0.0690 e. The minimum Gasteiger partial charge on any atom is -0.0690 e. The summed E-state index contributed by atoms with van der Waals surface area (Å²) in [6.07, 6.45) is 1.35. The molecule has 1 atom stereocenters. The van der Waals surface area contributed by atoms with Crippen molar-refractivity contribution in [2.24, 2.45) is 16.7 Å². The van der Waals surface area contributed by atoms with Crippen LogP contribution in [0, 0.1) is 16.7 Å². The van der Waals surface area contributed by atoms with Gasteiger partial charge in [0.1, 0.15) is 0 Å². The molecule has 0 saturated carbocycles. The number of rotatable bonds is 3. The van der Waals surface area contributed by atoms with E-state index < -0.39 is 8.07 Å². The topological polar surface area (TPSA) is 0 Å². The van der Waals surface area contributed by atoms with E-state index in [0.29, 0.717) is 15.9 Å². The van der Waals surface area contributed by atoms with Crippen molar-refractivity contribution in [1.29, 1.82) is 0 Å². The Balaban J connectivity index is 5.05. The Bertz CT molecular complexity index is 255. The third kappa shape index (κ3) is 5.91. The molecule has 0 bridgehead atoms. The van der Waals surface area contributed by atoms with E-state index in [4.69, 9.17) is 0 Å². The summed E-state index contributed by atoms with van der Waals surface area (Å²) < 4.78 is 0. The van der Waals surface area contributed by atoms with Gasteiger partial charge < -0.3 is 0 Å². The third-order valence-electron chi connectivity index (χ3n) is 4.87. The highest BCUT2D eigenvalue weighted by molar-refractivity contribution is 6.80. The summed E-state index contributed by atoms with van der Waals surface area (Å²) in [6.45, 7) is 26.9. The van der Waals surface area contributed by atoms with Crippen molar-refractivity contribution in [3.8, 4) is 0 Å². The molecule has 0 aromatic heterocycles. The molecule has 0 heterocycles. The highest BCUT2D eigenvalue weighted by Crippen LogP contribution is 2.47. The molecule has 0 aromatic carbocycles. The molecule has 0 fully saturated rings. The predicted molar refractivity (Wildman–Crippen MR) is 89.0 cm³/mol. The van der Waals surface area contributed by atoms with Crippen LogP contribution in [0.5, 0.6) is 0 Å². The minimum atomic E-state index is -1.18. The fourth-order valence-electron chi connectivity index (χ4n) is 2.35. The maximum atomic E-state index is 2.58. The van der Waals surface area contributed by atoms with E-state index in [1.165, 1.54) is 12.5 Å². The van der Waals surface area contributed by atoms with Crippen LogP contribution in [0.25, 0.3) is 0 Å². The minimum absolute atomic E-state index is 0.433. The van der Waals surface area contributed by atoms with Crippen LogP contribution in [0.2, 0.25) is 24.2 Å². The fourth-order valence-corrected chi connectivity index (χ4v) is 4.95. The van der Waals surface area contributed by atoms with Gasteiger partial charge in [-0.05, 0) is 28.2 Å². The summed E-state index contributed by atoms with van der Waals surface area (Å²) in [5.41, 5.74) is 0.878. The lowest BCUT2D eigenvalue weighted by molar-refractivity contribution is 0.179. The van der Waals surface area contributed by atoms with Crippen LogP contribution in [0.15, 0.2) is 0 Å². The van der Waals surface area contributed by atoms with E-state index in [0.717, 1.165) is 5.92 Å². The van der Waals surface area contributed by atoms with E-state index in [9.17, 15) is 0 Å². The van der Waals surface area contributed by atoms with Gasteiger partial charge >= 0.3 is 0 Å². The van der Waals surface area contributed by atoms with Crippen molar-refractivity contribution in [3.05, 3.63) is 0 Å². The van der Waals surface area contributed by atoms with E-state index in [1.54, 1.807) is 0 Å². The summed E-state index contributed by atoms with van der Waals surface area (Å²) in [7, 11) is -1.18. The monoisotopic (exact) mass is 270 g/mol. The summed E-state index contributed by atoms with van der Waals surface area (Å²) in [5, 5.41) is 0.508. The van der Waals surface area contributed by atoms with Crippen LogP contribution >= 0.6 is 0 Å². The molecular weight excluding hydrogens is 232 g/mol. The third-order valence-corrected chi connectivity index (χ3v) is 10.4. The Morgan fingerprint density at radius 1 is 0.778 bits per heavy atom. The molecule has 0 radical (unpaired) electrons. The van der Waals surface area contributed by atoms with E-state index in [1.807, 2.05) is 0 Å². The lowest BCUT2D eigenvalue weighted by atomic mass is 9.73. The first-order chi connectivity index (χ1) is 7.56. The normalized spacial score (nSPS) is 16.8. The van der Waals surface area contributed by atoms with Crippen molar-refractivity contribution < 1.29 is 0 Å². The van der Waals surface area contributed by atoms with Gasteiger partial charge in [-0.1, -0.05) is 81.5 Å². The average Bonchev–Trinajstić information content (AvgIpc) is 1.95. The van der Waals surface area contributed by atoms with Crippen LogP contribution < -0.4 is 0 Å². The predicted octanol–water partition coefficient (Wildman–Crippen LogP) is 6.59. The molecule has 110 valence electrons. The van der Waals surface area contributed by atoms with E-state index in [-0.39, 0.29) is 0 Å². The van der Waals surface area contributed by atoms with Gasteiger partial charge in [0.15, 0.2) is 0 Å². The summed E-state index contributed by atoms with van der Waals surface area (Å²) in [5.74, 6) is 0.846. The second-order valence-electron chi connectivity index (χ2n) is 10.2. The van der Waals surface area contributed by atoms with Gasteiger partial charge in [-0.15, -0.1) is 0 Å². The molecule has 1 unspecified atom stereocenters. The van der Waals surface area contributed by atoms with Crippen LogP contribution in [-0.2, 0) is 0 Å². The molecule has 0 saturated heterocycles. The van der Waals surface area contributed by atoms with Crippen molar-refractivity contribution >= 4 is 8.07 Å². The lowest BCUT2D eigenvalue weighted by Crippen LogP contribution is -2.42. The molecule has 0 aromatic rings. The maximum Gasteiger partial charge on any atom is 0.0530 e. The molecule has 0 aliphatic rings. The zero-order valence-electron chi connectivity index (χ0n) is 15.0. The van der Waals surface area contributed by atoms with Gasteiger partial charge in [0.25, 0.3) is 0 Å². The van der Waals surface area contributed by atoms with Gasteiger partial charge in [-0.2, -0.15) is 0 Å². The van der Waals surface area contributed by atoms with Crippen molar-refractivity contribution in [2.75, 3.05) is 0 Å². The van der Waals surface area contributed by atoms with E-state index >= 15 is 0 Å². The summed E-state index contributed by atoms with van der Waals surface area (Å²) in [4.78, 5) is 0. The Morgan fingerprint density at radius 2 is 1.17 bits per heavy atom. The summed E-state index contributed by atoms with van der Waals surface area (Å²) >= 11 is 0. The van der Waals surface area contributed by atoms with Crippen molar-refractivity contribution in [2.45, 2.75) is 92.9 Å². The van der Waals surface area contributed by atoms with Crippen LogP contribution in [0.4, 0.5) is 0 Å². The van der Waals surface area contributed by atoms with Gasteiger partial charge in [0, 0.05) is 0 Å². The molecule has 1 heteroatoms. The number of hydrogen-bond acceptors (Lipinski definition) is 0. The Hall–Kier alpha value is 0.217. The average molecular weight is 271 g/mol. The van der Waals surface area contributed by atoms with Crippen molar-refractivity contribution in [1.82, 2.24) is 0 Å². The molecule has 0 N–H and O–H groups in total. The quantitative estimate of drug-likeness (QED) is 0.507. The molecule has 0 amide bonds. The highest BCUT2D eigenvalue weighted by atomic mass is 28.3. The van der Waals surface area contributed by atoms with Gasteiger partial charge in [0.05, 0.1) is 8.07 Å². The molecule has 0 aliphatic carbocycles. The van der Waals surface area contributed by atoms with Gasteiger partial charge in [-0.25, -0.2) is 0 Å². The Labute approximate surface area is 118 Å². The standard InChI is InChI=1S/C17H38Si/c1-15(2,3)12-14(16(4,5)6)13-18(10,11)17(7,8)9/h14H,12-13H2,1-11H3. The second kappa shape index (κ2) is 5.30. The Morgan fingerprint density at radius 3 is 1.39 bits per heavy atom. The second-order valence-corrected chi connectivity index (χ2v) is 15.8. The SMILES string of the molecule is CC(C)(C)CC(C[Si](C)(C)C(C)(C)C)C(C)(C)C. The lowest BCUT2D eigenvalue weighted by Gasteiger charge is -2.45. The highest BCUT2D eigenvalue weighted by Gasteiger charge is 2.40. The fraction of sp³-hybridized carbons (Fsp3) is 1.00. The number of hydrogen-bond donors (Lipinski definition) is 0. The summed E-state index contributed by atoms with van der Waals surface area (Å²) in [6, 6.07) is 1.46. The smallest absolute Gasteiger partial charge is 0.0530 e. The molecule has 0 nitrogen and oxygen atoms in total. The zero-order chi connectivity index (χ0) is 15.0.